The van der Waals surface area contributed by atoms with Crippen LogP contribution in [0.15, 0.2) is 36.7 Å². The van der Waals surface area contributed by atoms with Gasteiger partial charge in [-0.3, -0.25) is 0 Å². The van der Waals surface area contributed by atoms with Gasteiger partial charge in [-0.1, -0.05) is 11.6 Å². The molecule has 3 aromatic rings. The van der Waals surface area contributed by atoms with Gasteiger partial charge in [-0.2, -0.15) is 0 Å². The van der Waals surface area contributed by atoms with Crippen molar-refractivity contribution in [1.29, 1.82) is 0 Å². The largest absolute Gasteiger partial charge is 0.496 e. The highest BCUT2D eigenvalue weighted by Crippen LogP contribution is 2.38. The third-order valence-corrected chi connectivity index (χ3v) is 4.52. The maximum atomic E-state index is 6.29. The molecule has 0 spiro atoms. The molecule has 0 aliphatic carbocycles. The lowest BCUT2D eigenvalue weighted by molar-refractivity contribution is 0.376. The number of ether oxygens (including phenoxy) is 2. The van der Waals surface area contributed by atoms with Crippen LogP contribution in [-0.2, 0) is 0 Å². The van der Waals surface area contributed by atoms with E-state index in [1.807, 2.05) is 43.0 Å². The first-order chi connectivity index (χ1) is 12.4. The SMILES string of the molecule is COc1cc(OC)c(-c2cn3ccc(C(N)CN(C)C)cc3n2)cc1Cl. The molecule has 3 rings (SSSR count). The highest BCUT2D eigenvalue weighted by molar-refractivity contribution is 6.32. The van der Waals surface area contributed by atoms with Crippen LogP contribution in [-0.4, -0.2) is 49.1 Å². The van der Waals surface area contributed by atoms with Crippen molar-refractivity contribution in [1.82, 2.24) is 14.3 Å². The van der Waals surface area contributed by atoms with Crippen molar-refractivity contribution in [3.63, 3.8) is 0 Å². The Kier molecular flexibility index (Phi) is 5.36. The van der Waals surface area contributed by atoms with Gasteiger partial charge < -0.3 is 24.5 Å². The molecule has 7 heteroatoms. The number of halogens is 1. The van der Waals surface area contributed by atoms with Gasteiger partial charge in [0.05, 0.1) is 24.9 Å². The van der Waals surface area contributed by atoms with Crippen molar-refractivity contribution in [2.75, 3.05) is 34.9 Å². The number of benzene rings is 1. The number of likely N-dealkylation sites (N-methyl/N-ethyl adjacent to an activating group) is 1. The third-order valence-electron chi connectivity index (χ3n) is 4.22. The summed E-state index contributed by atoms with van der Waals surface area (Å²) in [6.45, 7) is 0.769. The number of rotatable bonds is 6. The Morgan fingerprint density at radius 2 is 1.92 bits per heavy atom. The maximum absolute atomic E-state index is 6.29. The fourth-order valence-electron chi connectivity index (χ4n) is 2.92. The minimum absolute atomic E-state index is 0.0693. The van der Waals surface area contributed by atoms with Gasteiger partial charge in [0, 0.05) is 36.6 Å². The summed E-state index contributed by atoms with van der Waals surface area (Å²) in [7, 11) is 7.20. The molecule has 0 aliphatic heterocycles. The normalized spacial score (nSPS) is 12.6. The average Bonchev–Trinajstić information content (AvgIpc) is 3.03. The van der Waals surface area contributed by atoms with Gasteiger partial charge in [-0.15, -0.1) is 0 Å². The molecule has 1 aromatic carbocycles. The molecule has 2 aromatic heterocycles. The van der Waals surface area contributed by atoms with E-state index in [1.54, 1.807) is 26.4 Å². The molecule has 0 fully saturated rings. The van der Waals surface area contributed by atoms with E-state index in [2.05, 4.69) is 4.90 Å². The Morgan fingerprint density at radius 1 is 1.19 bits per heavy atom. The zero-order valence-electron chi connectivity index (χ0n) is 15.4. The molecule has 26 heavy (non-hydrogen) atoms. The second kappa shape index (κ2) is 7.53. The van der Waals surface area contributed by atoms with Crippen LogP contribution >= 0.6 is 11.6 Å². The summed E-state index contributed by atoms with van der Waals surface area (Å²) >= 11 is 6.29. The van der Waals surface area contributed by atoms with Crippen LogP contribution in [0.5, 0.6) is 11.5 Å². The first-order valence-corrected chi connectivity index (χ1v) is 8.61. The Hall–Kier alpha value is -2.28. The van der Waals surface area contributed by atoms with Crippen molar-refractivity contribution >= 4 is 17.2 Å². The van der Waals surface area contributed by atoms with Crippen LogP contribution in [0.25, 0.3) is 16.9 Å². The van der Waals surface area contributed by atoms with Crippen LogP contribution in [0.2, 0.25) is 5.02 Å². The molecule has 0 bridgehead atoms. The highest BCUT2D eigenvalue weighted by atomic mass is 35.5. The lowest BCUT2D eigenvalue weighted by Gasteiger charge is -2.17. The summed E-state index contributed by atoms with van der Waals surface area (Å²) in [4.78, 5) is 6.79. The number of pyridine rings is 1. The standard InChI is InChI=1S/C19H23ClN4O2/c1-23(2)10-15(21)12-5-6-24-11-16(22-19(24)7-12)13-8-14(20)18(26-4)9-17(13)25-3/h5-9,11,15H,10,21H2,1-4H3. The molecule has 0 aliphatic rings. The molecular formula is C19H23ClN4O2. The first kappa shape index (κ1) is 18.5. The van der Waals surface area contributed by atoms with Gasteiger partial charge in [-0.25, -0.2) is 4.98 Å². The molecule has 0 saturated carbocycles. The summed E-state index contributed by atoms with van der Waals surface area (Å²) in [6.07, 6.45) is 3.91. The van der Waals surface area contributed by atoms with Gasteiger partial charge in [-0.05, 0) is 37.9 Å². The number of aromatic nitrogens is 2. The van der Waals surface area contributed by atoms with Crippen molar-refractivity contribution in [2.24, 2.45) is 5.73 Å². The molecule has 0 amide bonds. The summed E-state index contributed by atoms with van der Waals surface area (Å²) in [5.74, 6) is 1.21. The van der Waals surface area contributed by atoms with Crippen LogP contribution < -0.4 is 15.2 Å². The van der Waals surface area contributed by atoms with E-state index in [0.717, 1.165) is 29.0 Å². The fraction of sp³-hybridized carbons (Fsp3) is 0.316. The van der Waals surface area contributed by atoms with E-state index < -0.39 is 0 Å². The minimum Gasteiger partial charge on any atom is -0.496 e. The minimum atomic E-state index is -0.0693. The molecule has 0 saturated heterocycles. The lowest BCUT2D eigenvalue weighted by Crippen LogP contribution is -2.26. The average molecular weight is 375 g/mol. The zero-order chi connectivity index (χ0) is 18.8. The molecular weight excluding hydrogens is 352 g/mol. The number of hydrogen-bond donors (Lipinski definition) is 1. The third kappa shape index (κ3) is 3.62. The molecule has 1 unspecified atom stereocenters. The number of hydrogen-bond acceptors (Lipinski definition) is 5. The van der Waals surface area contributed by atoms with Gasteiger partial charge in [0.15, 0.2) is 0 Å². The molecule has 138 valence electrons. The number of imidazole rings is 1. The summed E-state index contributed by atoms with van der Waals surface area (Å²) in [6, 6.07) is 7.53. The van der Waals surface area contributed by atoms with E-state index in [-0.39, 0.29) is 6.04 Å². The molecule has 0 radical (unpaired) electrons. The maximum Gasteiger partial charge on any atom is 0.141 e. The van der Waals surface area contributed by atoms with Gasteiger partial charge >= 0.3 is 0 Å². The Morgan fingerprint density at radius 3 is 2.58 bits per heavy atom. The number of fused-ring (bicyclic) bond motifs is 1. The summed E-state index contributed by atoms with van der Waals surface area (Å²) < 4.78 is 12.7. The quantitative estimate of drug-likeness (QED) is 0.717. The van der Waals surface area contributed by atoms with E-state index in [0.29, 0.717) is 16.5 Å². The van der Waals surface area contributed by atoms with Crippen LogP contribution in [0, 0.1) is 0 Å². The number of nitrogens with zero attached hydrogens (tertiary/aromatic N) is 3. The predicted molar refractivity (Wildman–Crippen MR) is 104 cm³/mol. The first-order valence-electron chi connectivity index (χ1n) is 8.23. The van der Waals surface area contributed by atoms with Gasteiger partial charge in [0.1, 0.15) is 17.1 Å². The molecule has 2 N–H and O–H groups in total. The zero-order valence-corrected chi connectivity index (χ0v) is 16.1. The molecule has 1 atom stereocenters. The van der Waals surface area contributed by atoms with Crippen LogP contribution in [0.1, 0.15) is 11.6 Å². The topological polar surface area (TPSA) is 65.0 Å². The summed E-state index contributed by atoms with van der Waals surface area (Å²) in [5.41, 5.74) is 9.71. The van der Waals surface area contributed by atoms with E-state index >= 15 is 0 Å². The smallest absolute Gasteiger partial charge is 0.141 e. The number of nitrogens with two attached hydrogens (primary N) is 1. The summed E-state index contributed by atoms with van der Waals surface area (Å²) in [5, 5.41) is 0.508. The Bertz CT molecular complexity index is 923. The molecule has 2 heterocycles. The van der Waals surface area contributed by atoms with Crippen molar-refractivity contribution in [3.05, 3.63) is 47.2 Å². The van der Waals surface area contributed by atoms with Crippen molar-refractivity contribution in [2.45, 2.75) is 6.04 Å². The van der Waals surface area contributed by atoms with Crippen LogP contribution in [0.3, 0.4) is 0 Å². The highest BCUT2D eigenvalue weighted by Gasteiger charge is 2.15. The lowest BCUT2D eigenvalue weighted by atomic mass is 10.1. The van der Waals surface area contributed by atoms with Crippen molar-refractivity contribution in [3.8, 4) is 22.8 Å². The second-order valence-corrected chi connectivity index (χ2v) is 6.81. The number of methoxy groups -OCH3 is 2. The fourth-order valence-corrected chi connectivity index (χ4v) is 3.16. The predicted octanol–water partition coefficient (Wildman–Crippen LogP) is 3.23. The van der Waals surface area contributed by atoms with Crippen LogP contribution in [0.4, 0.5) is 0 Å². The van der Waals surface area contributed by atoms with Gasteiger partial charge in [0.2, 0.25) is 0 Å². The van der Waals surface area contributed by atoms with Gasteiger partial charge in [0.25, 0.3) is 0 Å². The molecule has 6 nitrogen and oxygen atoms in total. The van der Waals surface area contributed by atoms with E-state index in [1.165, 1.54) is 0 Å². The van der Waals surface area contributed by atoms with E-state index in [9.17, 15) is 0 Å². The Balaban J connectivity index is 2.03. The monoisotopic (exact) mass is 374 g/mol. The Labute approximate surface area is 158 Å². The second-order valence-electron chi connectivity index (χ2n) is 6.41. The van der Waals surface area contributed by atoms with Crippen molar-refractivity contribution < 1.29 is 9.47 Å². The van der Waals surface area contributed by atoms with E-state index in [4.69, 9.17) is 31.8 Å².